The molecule has 0 fully saturated rings. The van der Waals surface area contributed by atoms with E-state index in [4.69, 9.17) is 11.5 Å². The lowest BCUT2D eigenvalue weighted by molar-refractivity contribution is -0.119. The summed E-state index contributed by atoms with van der Waals surface area (Å²) in [5, 5.41) is 6.43. The molecule has 0 saturated carbocycles. The quantitative estimate of drug-likeness (QED) is 0.778. The van der Waals surface area contributed by atoms with Crippen LogP contribution in [0.1, 0.15) is 17.5 Å². The SMILES string of the molecule is NC(=O)CC(NC(N)=O)(c1ccccc1)c1ccsc1. The first kappa shape index (κ1) is 14.1. The van der Waals surface area contributed by atoms with E-state index in [1.807, 2.05) is 47.2 Å². The molecule has 1 aromatic heterocycles. The van der Waals surface area contributed by atoms with Gasteiger partial charge in [0.1, 0.15) is 5.54 Å². The van der Waals surface area contributed by atoms with Gasteiger partial charge < -0.3 is 16.8 Å². The number of primary amides is 2. The van der Waals surface area contributed by atoms with Crippen molar-refractivity contribution in [2.24, 2.45) is 11.5 Å². The third kappa shape index (κ3) is 2.80. The summed E-state index contributed by atoms with van der Waals surface area (Å²) < 4.78 is 0. The van der Waals surface area contributed by atoms with Crippen molar-refractivity contribution in [3.63, 3.8) is 0 Å². The fourth-order valence-corrected chi connectivity index (χ4v) is 2.99. The Hall–Kier alpha value is -2.34. The average molecular weight is 289 g/mol. The lowest BCUT2D eigenvalue weighted by Crippen LogP contribution is -2.50. The zero-order chi connectivity index (χ0) is 14.6. The smallest absolute Gasteiger partial charge is 0.313 e. The second-order valence-electron chi connectivity index (χ2n) is 4.42. The normalized spacial score (nSPS) is 13.4. The summed E-state index contributed by atoms with van der Waals surface area (Å²) >= 11 is 1.47. The Balaban J connectivity index is 2.60. The lowest BCUT2D eigenvalue weighted by atomic mass is 9.81. The Labute approximate surface area is 120 Å². The maximum atomic E-state index is 11.5. The Morgan fingerprint density at radius 2 is 1.80 bits per heavy atom. The number of nitrogens with two attached hydrogens (primary N) is 2. The standard InChI is InChI=1S/C14H15N3O2S/c15-12(18)8-14(17-13(16)19,11-6-7-20-9-11)10-4-2-1-3-5-10/h1-7,9H,8H2,(H2,15,18)(H3,16,17,19). The third-order valence-corrected chi connectivity index (χ3v) is 3.74. The van der Waals surface area contributed by atoms with Crippen LogP contribution in [-0.2, 0) is 10.3 Å². The van der Waals surface area contributed by atoms with Crippen molar-refractivity contribution in [2.45, 2.75) is 12.0 Å². The Bertz CT molecular complexity index is 580. The van der Waals surface area contributed by atoms with Gasteiger partial charge in [-0.05, 0) is 28.0 Å². The van der Waals surface area contributed by atoms with Crippen molar-refractivity contribution >= 4 is 23.3 Å². The first-order valence-electron chi connectivity index (χ1n) is 5.99. The number of rotatable bonds is 5. The number of nitrogens with one attached hydrogen (secondary N) is 1. The Kier molecular flexibility index (Phi) is 4.05. The van der Waals surface area contributed by atoms with Gasteiger partial charge in [-0.3, -0.25) is 4.79 Å². The van der Waals surface area contributed by atoms with E-state index < -0.39 is 17.5 Å². The predicted molar refractivity (Wildman–Crippen MR) is 78.1 cm³/mol. The van der Waals surface area contributed by atoms with E-state index in [9.17, 15) is 9.59 Å². The molecule has 5 nitrogen and oxygen atoms in total. The molecule has 6 heteroatoms. The third-order valence-electron chi connectivity index (χ3n) is 3.06. The Morgan fingerprint density at radius 1 is 1.10 bits per heavy atom. The Morgan fingerprint density at radius 3 is 2.30 bits per heavy atom. The van der Waals surface area contributed by atoms with Gasteiger partial charge in [0.15, 0.2) is 0 Å². The van der Waals surface area contributed by atoms with Crippen LogP contribution in [0.15, 0.2) is 47.2 Å². The summed E-state index contributed by atoms with van der Waals surface area (Å²) in [7, 11) is 0. The van der Waals surface area contributed by atoms with Crippen LogP contribution in [0.3, 0.4) is 0 Å². The van der Waals surface area contributed by atoms with E-state index in [0.717, 1.165) is 11.1 Å². The van der Waals surface area contributed by atoms with Crippen LogP contribution in [0, 0.1) is 0 Å². The van der Waals surface area contributed by atoms with E-state index in [2.05, 4.69) is 5.32 Å². The summed E-state index contributed by atoms with van der Waals surface area (Å²) in [5.41, 5.74) is 11.2. The zero-order valence-corrected chi connectivity index (χ0v) is 11.5. The van der Waals surface area contributed by atoms with Crippen molar-refractivity contribution in [3.05, 3.63) is 58.3 Å². The van der Waals surface area contributed by atoms with Gasteiger partial charge in [0.05, 0.1) is 6.42 Å². The number of urea groups is 1. The van der Waals surface area contributed by atoms with Crippen LogP contribution < -0.4 is 16.8 Å². The van der Waals surface area contributed by atoms with Crippen molar-refractivity contribution in [3.8, 4) is 0 Å². The average Bonchev–Trinajstić information content (AvgIpc) is 2.92. The van der Waals surface area contributed by atoms with Gasteiger partial charge in [0.25, 0.3) is 0 Å². The largest absolute Gasteiger partial charge is 0.370 e. The van der Waals surface area contributed by atoms with Gasteiger partial charge in [-0.1, -0.05) is 30.3 Å². The highest BCUT2D eigenvalue weighted by atomic mass is 32.1. The molecule has 0 saturated heterocycles. The number of amides is 3. The first-order valence-corrected chi connectivity index (χ1v) is 6.93. The van der Waals surface area contributed by atoms with Crippen molar-refractivity contribution < 1.29 is 9.59 Å². The zero-order valence-electron chi connectivity index (χ0n) is 10.7. The minimum Gasteiger partial charge on any atom is -0.370 e. The number of hydrogen-bond donors (Lipinski definition) is 3. The second-order valence-corrected chi connectivity index (χ2v) is 5.20. The maximum absolute atomic E-state index is 11.5. The van der Waals surface area contributed by atoms with Crippen molar-refractivity contribution in [1.29, 1.82) is 0 Å². The van der Waals surface area contributed by atoms with Crippen molar-refractivity contribution in [1.82, 2.24) is 5.32 Å². The van der Waals surface area contributed by atoms with Gasteiger partial charge >= 0.3 is 6.03 Å². The van der Waals surface area contributed by atoms with E-state index in [-0.39, 0.29) is 6.42 Å². The number of carbonyl (C=O) groups excluding carboxylic acids is 2. The lowest BCUT2D eigenvalue weighted by Gasteiger charge is -2.33. The van der Waals surface area contributed by atoms with Gasteiger partial charge in [0, 0.05) is 0 Å². The monoisotopic (exact) mass is 289 g/mol. The molecule has 1 heterocycles. The predicted octanol–water partition coefficient (Wildman–Crippen LogP) is 1.54. The molecule has 0 aliphatic carbocycles. The van der Waals surface area contributed by atoms with E-state index in [1.165, 1.54) is 11.3 Å². The van der Waals surface area contributed by atoms with Crippen LogP contribution in [0.25, 0.3) is 0 Å². The van der Waals surface area contributed by atoms with Crippen LogP contribution >= 0.6 is 11.3 Å². The molecular formula is C14H15N3O2S. The number of thiophene rings is 1. The molecule has 2 aromatic rings. The van der Waals surface area contributed by atoms with Crippen LogP contribution in [-0.4, -0.2) is 11.9 Å². The molecule has 1 aromatic carbocycles. The molecule has 0 aliphatic rings. The second kappa shape index (κ2) is 5.75. The summed E-state index contributed by atoms with van der Waals surface area (Å²) in [5.74, 6) is -0.520. The molecule has 0 radical (unpaired) electrons. The fraction of sp³-hybridized carbons (Fsp3) is 0.143. The first-order chi connectivity index (χ1) is 9.54. The fourth-order valence-electron chi connectivity index (χ4n) is 2.26. The van der Waals surface area contributed by atoms with Gasteiger partial charge in [-0.15, -0.1) is 0 Å². The van der Waals surface area contributed by atoms with E-state index >= 15 is 0 Å². The highest BCUT2D eigenvalue weighted by molar-refractivity contribution is 7.08. The molecule has 0 bridgehead atoms. The molecule has 1 unspecified atom stereocenters. The maximum Gasteiger partial charge on any atom is 0.313 e. The summed E-state index contributed by atoms with van der Waals surface area (Å²) in [6, 6.07) is 10.3. The van der Waals surface area contributed by atoms with Gasteiger partial charge in [-0.2, -0.15) is 11.3 Å². The molecule has 20 heavy (non-hydrogen) atoms. The molecule has 0 spiro atoms. The van der Waals surface area contributed by atoms with Crippen LogP contribution in [0.4, 0.5) is 4.79 Å². The number of hydrogen-bond acceptors (Lipinski definition) is 3. The number of carbonyl (C=O) groups is 2. The molecule has 5 N–H and O–H groups in total. The summed E-state index contributed by atoms with van der Waals surface area (Å²) in [4.78, 5) is 22.9. The van der Waals surface area contributed by atoms with Crippen LogP contribution in [0.2, 0.25) is 0 Å². The minimum atomic E-state index is -1.03. The van der Waals surface area contributed by atoms with Crippen molar-refractivity contribution in [2.75, 3.05) is 0 Å². The van der Waals surface area contributed by atoms with E-state index in [0.29, 0.717) is 0 Å². The molecule has 1 atom stereocenters. The molecular weight excluding hydrogens is 274 g/mol. The van der Waals surface area contributed by atoms with Crippen LogP contribution in [0.5, 0.6) is 0 Å². The van der Waals surface area contributed by atoms with Gasteiger partial charge in [-0.25, -0.2) is 4.79 Å². The molecule has 0 aliphatic heterocycles. The van der Waals surface area contributed by atoms with Gasteiger partial charge in [0.2, 0.25) is 5.91 Å². The topological polar surface area (TPSA) is 98.2 Å². The highest BCUT2D eigenvalue weighted by Gasteiger charge is 2.37. The highest BCUT2D eigenvalue weighted by Crippen LogP contribution is 2.34. The molecule has 3 amide bonds. The molecule has 2 rings (SSSR count). The summed E-state index contributed by atoms with van der Waals surface area (Å²) in [6.45, 7) is 0. The van der Waals surface area contributed by atoms with E-state index in [1.54, 1.807) is 0 Å². The number of benzene rings is 1. The minimum absolute atomic E-state index is 0.0588. The molecule has 104 valence electrons. The summed E-state index contributed by atoms with van der Waals surface area (Å²) in [6.07, 6.45) is -0.0588.